The molecule has 30 heavy (non-hydrogen) atoms. The van der Waals surface area contributed by atoms with Crippen LogP contribution >= 0.6 is 0 Å². The Morgan fingerprint density at radius 1 is 1.07 bits per heavy atom. The van der Waals surface area contributed by atoms with Crippen LogP contribution in [0.5, 0.6) is 0 Å². The third-order valence-corrected chi connectivity index (χ3v) is 6.81. The minimum absolute atomic E-state index is 0.0415. The molecule has 0 unspecified atom stereocenters. The predicted octanol–water partition coefficient (Wildman–Crippen LogP) is 6.57. The standard InChI is InChI=1S/C28H30N2/c1-22-19-25(13-12-23-10-11-23)9-5-6-16-28(27(22)30-21-29)17-14-26(15-18-28)20-24-7-3-2-4-8-24/h2-5,7-9,19,23,26H,1,6,10-11,14-18,20H2/b9-5-,25-19+,30-27?. The van der Waals surface area contributed by atoms with E-state index in [1.54, 1.807) is 0 Å². The van der Waals surface area contributed by atoms with Crippen LogP contribution in [0.4, 0.5) is 0 Å². The summed E-state index contributed by atoms with van der Waals surface area (Å²) in [5.41, 5.74) is 4.14. The van der Waals surface area contributed by atoms with Crippen LogP contribution in [0.3, 0.4) is 0 Å². The zero-order valence-electron chi connectivity index (χ0n) is 17.7. The highest BCUT2D eigenvalue weighted by Crippen LogP contribution is 2.46. The van der Waals surface area contributed by atoms with Crippen molar-refractivity contribution in [3.8, 4) is 18.0 Å². The molecule has 1 spiro atoms. The number of hydrogen-bond donors (Lipinski definition) is 0. The molecular formula is C28H30N2. The number of nitrogens with zero attached hydrogens (tertiary/aromatic N) is 2. The van der Waals surface area contributed by atoms with Gasteiger partial charge in [-0.2, -0.15) is 10.3 Å². The summed E-state index contributed by atoms with van der Waals surface area (Å²) in [6.07, 6.45) is 18.6. The van der Waals surface area contributed by atoms with Gasteiger partial charge in [0.15, 0.2) is 0 Å². The van der Waals surface area contributed by atoms with Crippen LogP contribution in [0.25, 0.3) is 0 Å². The van der Waals surface area contributed by atoms with E-state index in [2.05, 4.69) is 72.1 Å². The highest BCUT2D eigenvalue weighted by molar-refractivity contribution is 6.07. The Morgan fingerprint density at radius 2 is 1.83 bits per heavy atom. The molecule has 152 valence electrons. The van der Waals surface area contributed by atoms with Gasteiger partial charge >= 0.3 is 0 Å². The first kappa shape index (κ1) is 20.4. The molecule has 2 heteroatoms. The highest BCUT2D eigenvalue weighted by Gasteiger charge is 2.40. The number of aliphatic imine (C=N–C) groups is 1. The van der Waals surface area contributed by atoms with Gasteiger partial charge in [0.2, 0.25) is 6.19 Å². The maximum Gasteiger partial charge on any atom is 0.205 e. The Morgan fingerprint density at radius 3 is 2.53 bits per heavy atom. The molecule has 0 radical (unpaired) electrons. The first-order valence-corrected chi connectivity index (χ1v) is 11.3. The van der Waals surface area contributed by atoms with Gasteiger partial charge in [-0.15, -0.1) is 0 Å². The minimum Gasteiger partial charge on any atom is -0.177 e. The Kier molecular flexibility index (Phi) is 6.35. The van der Waals surface area contributed by atoms with E-state index < -0.39 is 0 Å². The van der Waals surface area contributed by atoms with E-state index >= 15 is 0 Å². The molecule has 0 bridgehead atoms. The average molecular weight is 395 g/mol. The van der Waals surface area contributed by atoms with Crippen molar-refractivity contribution in [1.29, 1.82) is 5.26 Å². The quantitative estimate of drug-likeness (QED) is 0.412. The molecule has 0 N–H and O–H groups in total. The molecule has 1 aromatic rings. The Balaban J connectivity index is 1.53. The van der Waals surface area contributed by atoms with Crippen molar-refractivity contribution >= 4 is 5.71 Å². The zero-order chi connectivity index (χ0) is 20.8. The predicted molar refractivity (Wildman–Crippen MR) is 124 cm³/mol. The number of nitriles is 1. The zero-order valence-corrected chi connectivity index (χ0v) is 17.7. The van der Waals surface area contributed by atoms with Gasteiger partial charge in [-0.1, -0.05) is 60.9 Å². The Bertz CT molecular complexity index is 963. The van der Waals surface area contributed by atoms with Crippen molar-refractivity contribution in [1.82, 2.24) is 0 Å². The molecule has 0 amide bonds. The van der Waals surface area contributed by atoms with Crippen molar-refractivity contribution in [3.63, 3.8) is 0 Å². The fourth-order valence-electron chi connectivity index (χ4n) is 4.93. The average Bonchev–Trinajstić information content (AvgIpc) is 3.59. The molecule has 2 saturated carbocycles. The lowest BCUT2D eigenvalue weighted by molar-refractivity contribution is 0.210. The van der Waals surface area contributed by atoms with E-state index in [-0.39, 0.29) is 5.41 Å². The van der Waals surface area contributed by atoms with Crippen molar-refractivity contribution < 1.29 is 0 Å². The van der Waals surface area contributed by atoms with E-state index in [1.165, 1.54) is 31.2 Å². The summed E-state index contributed by atoms with van der Waals surface area (Å²) in [6.45, 7) is 4.33. The molecule has 1 aromatic carbocycles. The molecular weight excluding hydrogens is 364 g/mol. The second kappa shape index (κ2) is 9.32. The second-order valence-electron chi connectivity index (χ2n) is 9.08. The summed E-state index contributed by atoms with van der Waals surface area (Å²) in [5.74, 6) is 7.94. The van der Waals surface area contributed by atoms with E-state index in [0.717, 1.165) is 49.0 Å². The molecule has 0 aliphatic heterocycles. The van der Waals surface area contributed by atoms with Crippen molar-refractivity contribution in [2.75, 3.05) is 0 Å². The second-order valence-corrected chi connectivity index (χ2v) is 9.08. The van der Waals surface area contributed by atoms with Gasteiger partial charge in [0, 0.05) is 16.9 Å². The summed E-state index contributed by atoms with van der Waals surface area (Å²) in [6, 6.07) is 10.8. The van der Waals surface area contributed by atoms with Gasteiger partial charge in [0.25, 0.3) is 0 Å². The molecule has 3 aliphatic rings. The summed E-state index contributed by atoms with van der Waals surface area (Å²) >= 11 is 0. The SMILES string of the molecule is C=C1/C=C(C#CC2CC2)\C=C/CCC2(CCC(Cc3ccccc3)CC2)C1=NC#N. The van der Waals surface area contributed by atoms with Gasteiger partial charge in [0.05, 0.1) is 5.71 Å². The van der Waals surface area contributed by atoms with Crippen molar-refractivity contribution in [2.45, 2.75) is 57.8 Å². The number of rotatable bonds is 2. The first-order chi connectivity index (χ1) is 14.7. The van der Waals surface area contributed by atoms with Crippen LogP contribution < -0.4 is 0 Å². The molecule has 0 saturated heterocycles. The minimum atomic E-state index is -0.0415. The topological polar surface area (TPSA) is 36.1 Å². The van der Waals surface area contributed by atoms with Crippen LogP contribution in [0.2, 0.25) is 0 Å². The van der Waals surface area contributed by atoms with Crippen LogP contribution in [0, 0.1) is 40.5 Å². The van der Waals surface area contributed by atoms with Gasteiger partial charge in [0.1, 0.15) is 0 Å². The fraction of sp³-hybridized carbons (Fsp3) is 0.429. The van der Waals surface area contributed by atoms with Gasteiger partial charge in [-0.05, 0) is 80.9 Å². The Labute approximate surface area is 181 Å². The lowest BCUT2D eigenvalue weighted by atomic mass is 9.63. The number of hydrogen-bond acceptors (Lipinski definition) is 2. The van der Waals surface area contributed by atoms with Crippen LogP contribution in [0.1, 0.15) is 56.9 Å². The van der Waals surface area contributed by atoms with Crippen LogP contribution in [0.15, 0.2) is 71.3 Å². The van der Waals surface area contributed by atoms with Crippen LogP contribution in [-0.4, -0.2) is 5.71 Å². The van der Waals surface area contributed by atoms with Crippen LogP contribution in [-0.2, 0) is 6.42 Å². The smallest absolute Gasteiger partial charge is 0.177 e. The molecule has 0 heterocycles. The lowest BCUT2D eigenvalue weighted by Gasteiger charge is -2.41. The number of allylic oxidation sites excluding steroid dienone is 5. The largest absolute Gasteiger partial charge is 0.205 e. The van der Waals surface area contributed by atoms with Crippen molar-refractivity contribution in [3.05, 3.63) is 71.8 Å². The molecule has 2 fully saturated rings. The Hall–Kier alpha value is -2.84. The van der Waals surface area contributed by atoms with E-state index in [9.17, 15) is 5.26 Å². The summed E-state index contributed by atoms with van der Waals surface area (Å²) in [5, 5.41) is 9.44. The molecule has 3 aliphatic carbocycles. The molecule has 0 atom stereocenters. The molecule has 0 aromatic heterocycles. The first-order valence-electron chi connectivity index (χ1n) is 11.3. The van der Waals surface area contributed by atoms with E-state index in [1.807, 2.05) is 6.08 Å². The van der Waals surface area contributed by atoms with Gasteiger partial charge in [-0.3, -0.25) is 0 Å². The third-order valence-electron chi connectivity index (χ3n) is 6.81. The summed E-state index contributed by atoms with van der Waals surface area (Å²) in [7, 11) is 0. The normalized spacial score (nSPS) is 30.8. The monoisotopic (exact) mass is 394 g/mol. The summed E-state index contributed by atoms with van der Waals surface area (Å²) in [4.78, 5) is 4.34. The maximum atomic E-state index is 9.44. The van der Waals surface area contributed by atoms with Gasteiger partial charge < -0.3 is 0 Å². The summed E-state index contributed by atoms with van der Waals surface area (Å²) < 4.78 is 0. The van der Waals surface area contributed by atoms with Crippen molar-refractivity contribution in [2.24, 2.45) is 22.2 Å². The van der Waals surface area contributed by atoms with E-state index in [0.29, 0.717) is 11.8 Å². The maximum absolute atomic E-state index is 9.44. The molecule has 4 rings (SSSR count). The van der Waals surface area contributed by atoms with Gasteiger partial charge in [-0.25, -0.2) is 0 Å². The molecule has 2 nitrogen and oxygen atoms in total. The number of benzene rings is 1. The fourth-order valence-corrected chi connectivity index (χ4v) is 4.93. The third kappa shape index (κ3) is 5.01. The van der Waals surface area contributed by atoms with E-state index in [4.69, 9.17) is 0 Å². The highest BCUT2D eigenvalue weighted by atomic mass is 14.8. The lowest BCUT2D eigenvalue weighted by Crippen LogP contribution is -2.36.